The van der Waals surface area contributed by atoms with E-state index in [1.165, 1.54) is 11.8 Å². The molecule has 0 spiro atoms. The summed E-state index contributed by atoms with van der Waals surface area (Å²) in [4.78, 5) is 16.9. The minimum absolute atomic E-state index is 0.0112. The second kappa shape index (κ2) is 9.99. The van der Waals surface area contributed by atoms with E-state index in [1.54, 1.807) is 0 Å². The topological polar surface area (TPSA) is 67.8 Å². The van der Waals surface area contributed by atoms with Crippen molar-refractivity contribution in [3.63, 3.8) is 0 Å². The molecule has 1 N–H and O–H groups in total. The average Bonchev–Trinajstić information content (AvgIpc) is 2.73. The maximum Gasteiger partial charge on any atom is 0.230 e. The molecular weight excluding hydrogens is 368 g/mol. The van der Waals surface area contributed by atoms with Gasteiger partial charge in [0, 0.05) is 17.2 Å². The number of hydrogen-bond acceptors (Lipinski definition) is 5. The van der Waals surface area contributed by atoms with Crippen molar-refractivity contribution >= 4 is 17.7 Å². The van der Waals surface area contributed by atoms with Crippen LogP contribution in [0, 0.1) is 0 Å². The van der Waals surface area contributed by atoms with Crippen molar-refractivity contribution in [3.8, 4) is 22.5 Å². The summed E-state index contributed by atoms with van der Waals surface area (Å²) in [5, 5.41) is 12.2. The molecule has 0 saturated carbocycles. The van der Waals surface area contributed by atoms with Gasteiger partial charge in [0.25, 0.3) is 0 Å². The molecule has 3 aromatic rings. The number of nitrogens with zero attached hydrogens (tertiary/aromatic N) is 3. The summed E-state index contributed by atoms with van der Waals surface area (Å²) in [7, 11) is 0. The molecule has 1 heterocycles. The highest BCUT2D eigenvalue weighted by atomic mass is 32.2. The molecule has 1 aromatic heterocycles. The first-order valence-corrected chi connectivity index (χ1v) is 10.4. The molecule has 5 nitrogen and oxygen atoms in total. The predicted octanol–water partition coefficient (Wildman–Crippen LogP) is 4.60. The lowest BCUT2D eigenvalue weighted by Gasteiger charge is -2.12. The van der Waals surface area contributed by atoms with Gasteiger partial charge >= 0.3 is 0 Å². The largest absolute Gasteiger partial charge is 0.353 e. The molecule has 6 heteroatoms. The quantitative estimate of drug-likeness (QED) is 0.567. The van der Waals surface area contributed by atoms with Crippen molar-refractivity contribution in [1.82, 2.24) is 20.5 Å². The molecule has 1 unspecified atom stereocenters. The van der Waals surface area contributed by atoms with Gasteiger partial charge in [-0.2, -0.15) is 0 Å². The molecule has 1 atom stereocenters. The van der Waals surface area contributed by atoms with Crippen molar-refractivity contribution in [2.75, 3.05) is 5.75 Å². The number of thioether (sulfide) groups is 1. The molecule has 0 aliphatic rings. The van der Waals surface area contributed by atoms with Gasteiger partial charge in [-0.1, -0.05) is 85.8 Å². The van der Waals surface area contributed by atoms with Gasteiger partial charge in [-0.15, -0.1) is 10.2 Å². The van der Waals surface area contributed by atoms with Gasteiger partial charge < -0.3 is 5.32 Å². The van der Waals surface area contributed by atoms with Crippen LogP contribution in [0.15, 0.2) is 65.8 Å². The standard InChI is InChI=1S/C22H24N4OS/c1-3-10-16(2)23-19(27)15-28-22-24-20(17-11-6-4-7-12-17)21(25-26-22)18-13-8-5-9-14-18/h4-9,11-14,16H,3,10,15H2,1-2H3,(H,23,27). The molecule has 1 amide bonds. The normalized spacial score (nSPS) is 11.8. The summed E-state index contributed by atoms with van der Waals surface area (Å²) >= 11 is 1.30. The van der Waals surface area contributed by atoms with Crippen LogP contribution in [0.2, 0.25) is 0 Å². The van der Waals surface area contributed by atoms with E-state index in [0.717, 1.165) is 35.4 Å². The number of benzene rings is 2. The van der Waals surface area contributed by atoms with Crippen molar-refractivity contribution in [1.29, 1.82) is 0 Å². The minimum Gasteiger partial charge on any atom is -0.353 e. The highest BCUT2D eigenvalue weighted by Crippen LogP contribution is 2.29. The lowest BCUT2D eigenvalue weighted by Crippen LogP contribution is -2.33. The molecule has 0 fully saturated rings. The smallest absolute Gasteiger partial charge is 0.230 e. The fraction of sp³-hybridized carbons (Fsp3) is 0.273. The van der Waals surface area contributed by atoms with Gasteiger partial charge in [-0.25, -0.2) is 4.98 Å². The Kier molecular flexibility index (Phi) is 7.14. The van der Waals surface area contributed by atoms with E-state index in [2.05, 4.69) is 22.4 Å². The summed E-state index contributed by atoms with van der Waals surface area (Å²) in [6, 6.07) is 20.0. The molecule has 0 bridgehead atoms. The van der Waals surface area contributed by atoms with Gasteiger partial charge in [0.05, 0.1) is 5.75 Å². The Morgan fingerprint density at radius 2 is 1.57 bits per heavy atom. The molecule has 3 rings (SSSR count). The lowest BCUT2D eigenvalue weighted by atomic mass is 10.0. The number of carbonyl (C=O) groups excluding carboxylic acids is 1. The lowest BCUT2D eigenvalue weighted by molar-refractivity contribution is -0.119. The van der Waals surface area contributed by atoms with E-state index in [9.17, 15) is 4.79 Å². The molecule has 0 aliphatic heterocycles. The van der Waals surface area contributed by atoms with E-state index in [-0.39, 0.29) is 17.7 Å². The third-order valence-corrected chi connectivity index (χ3v) is 5.06. The van der Waals surface area contributed by atoms with Crippen molar-refractivity contribution in [2.24, 2.45) is 0 Å². The van der Waals surface area contributed by atoms with E-state index in [0.29, 0.717) is 5.16 Å². The van der Waals surface area contributed by atoms with Crippen LogP contribution in [0.4, 0.5) is 0 Å². The van der Waals surface area contributed by atoms with Crippen LogP contribution in [-0.4, -0.2) is 32.9 Å². The van der Waals surface area contributed by atoms with Crippen LogP contribution in [0.1, 0.15) is 26.7 Å². The average molecular weight is 393 g/mol. The SMILES string of the molecule is CCCC(C)NC(=O)CSc1nnc(-c2ccccc2)c(-c2ccccc2)n1. The number of aromatic nitrogens is 3. The van der Waals surface area contributed by atoms with E-state index in [1.807, 2.05) is 67.6 Å². The molecule has 0 aliphatic carbocycles. The first-order valence-electron chi connectivity index (χ1n) is 9.45. The van der Waals surface area contributed by atoms with Crippen LogP contribution in [0.5, 0.6) is 0 Å². The third-order valence-electron chi connectivity index (χ3n) is 4.22. The summed E-state index contributed by atoms with van der Waals surface area (Å²) in [5.41, 5.74) is 3.43. The Labute approximate surface area is 170 Å². The van der Waals surface area contributed by atoms with Crippen LogP contribution < -0.4 is 5.32 Å². The monoisotopic (exact) mass is 392 g/mol. The second-order valence-corrected chi connectivity index (χ2v) is 7.51. The number of carbonyl (C=O) groups is 1. The van der Waals surface area contributed by atoms with Gasteiger partial charge in [-0.05, 0) is 13.3 Å². The maximum absolute atomic E-state index is 12.1. The number of rotatable bonds is 8. The molecule has 144 valence electrons. The Morgan fingerprint density at radius 3 is 2.18 bits per heavy atom. The fourth-order valence-electron chi connectivity index (χ4n) is 2.91. The number of hydrogen-bond donors (Lipinski definition) is 1. The zero-order valence-electron chi connectivity index (χ0n) is 16.1. The van der Waals surface area contributed by atoms with Crippen LogP contribution in [-0.2, 0) is 4.79 Å². The maximum atomic E-state index is 12.1. The van der Waals surface area contributed by atoms with Crippen LogP contribution in [0.25, 0.3) is 22.5 Å². The van der Waals surface area contributed by atoms with Gasteiger partial charge in [-0.3, -0.25) is 4.79 Å². The highest BCUT2D eigenvalue weighted by Gasteiger charge is 2.15. The van der Waals surface area contributed by atoms with Gasteiger partial charge in [0.1, 0.15) is 11.4 Å². The van der Waals surface area contributed by atoms with E-state index in [4.69, 9.17) is 4.98 Å². The van der Waals surface area contributed by atoms with Crippen molar-refractivity contribution in [2.45, 2.75) is 37.9 Å². The zero-order chi connectivity index (χ0) is 19.8. The molecule has 0 radical (unpaired) electrons. The Bertz CT molecular complexity index is 903. The third kappa shape index (κ3) is 5.39. The molecule has 28 heavy (non-hydrogen) atoms. The Balaban J connectivity index is 1.82. The summed E-state index contributed by atoms with van der Waals surface area (Å²) < 4.78 is 0. The summed E-state index contributed by atoms with van der Waals surface area (Å²) in [6.45, 7) is 4.13. The Morgan fingerprint density at radius 1 is 0.964 bits per heavy atom. The molecule has 0 saturated heterocycles. The van der Waals surface area contributed by atoms with Crippen LogP contribution >= 0.6 is 11.8 Å². The van der Waals surface area contributed by atoms with Crippen molar-refractivity contribution < 1.29 is 4.79 Å². The fourth-order valence-corrected chi connectivity index (χ4v) is 3.51. The first-order chi connectivity index (χ1) is 13.7. The van der Waals surface area contributed by atoms with Crippen molar-refractivity contribution in [3.05, 3.63) is 60.7 Å². The molecule has 2 aromatic carbocycles. The molecular formula is C22H24N4OS. The summed E-state index contributed by atoms with van der Waals surface area (Å²) in [6.07, 6.45) is 2.02. The minimum atomic E-state index is -0.0112. The van der Waals surface area contributed by atoms with Crippen LogP contribution in [0.3, 0.4) is 0 Å². The van der Waals surface area contributed by atoms with E-state index < -0.39 is 0 Å². The van der Waals surface area contributed by atoms with E-state index >= 15 is 0 Å². The van der Waals surface area contributed by atoms with Gasteiger partial charge in [0.15, 0.2) is 0 Å². The number of nitrogens with one attached hydrogen (secondary N) is 1. The Hall–Kier alpha value is -2.73. The predicted molar refractivity (Wildman–Crippen MR) is 114 cm³/mol. The number of amides is 1. The van der Waals surface area contributed by atoms with Gasteiger partial charge in [0.2, 0.25) is 11.1 Å². The first kappa shape index (κ1) is 20.0. The second-order valence-electron chi connectivity index (χ2n) is 6.57. The zero-order valence-corrected chi connectivity index (χ0v) is 16.9. The highest BCUT2D eigenvalue weighted by molar-refractivity contribution is 7.99. The summed E-state index contributed by atoms with van der Waals surface area (Å²) in [5.74, 6) is 0.261.